The molecule has 180 valence electrons. The molecule has 2 aromatic carbocycles. The lowest BCUT2D eigenvalue weighted by Gasteiger charge is -2.32. The zero-order valence-electron chi connectivity index (χ0n) is 19.5. The molecular weight excluding hydrogens is 510 g/mol. The summed E-state index contributed by atoms with van der Waals surface area (Å²) in [6.07, 6.45) is 1.43. The third-order valence-corrected chi connectivity index (χ3v) is 7.28. The summed E-state index contributed by atoms with van der Waals surface area (Å²) in [6, 6.07) is 11.5. The van der Waals surface area contributed by atoms with Crippen molar-refractivity contribution < 1.29 is 22.7 Å². The van der Waals surface area contributed by atoms with E-state index in [1.54, 1.807) is 44.4 Å². The average Bonchev–Trinajstić information content (AvgIpc) is 2.78. The summed E-state index contributed by atoms with van der Waals surface area (Å²) < 4.78 is 32.3. The molecule has 0 aromatic heterocycles. The normalized spacial score (nSPS) is 12.1. The minimum absolute atomic E-state index is 0.145. The van der Waals surface area contributed by atoms with Crippen LogP contribution in [-0.2, 0) is 26.2 Å². The van der Waals surface area contributed by atoms with E-state index >= 15 is 0 Å². The largest absolute Gasteiger partial charge is 0.497 e. The first kappa shape index (κ1) is 26.7. The third kappa shape index (κ3) is 6.94. The standard InChI is InChI=1S/C23H30BrN3O5S/c1-6-21(23(29)25-3)26(14-17-7-10-19(32-4)11-8-17)22(28)15-27(33(5,30)31)18-9-12-20(24)16(2)13-18/h7-13,21H,6,14-15H2,1-5H3,(H,25,29). The van der Waals surface area contributed by atoms with Gasteiger partial charge in [0.25, 0.3) is 0 Å². The molecular formula is C23H30BrN3O5S. The zero-order chi connectivity index (χ0) is 24.8. The molecule has 0 aliphatic heterocycles. The smallest absolute Gasteiger partial charge is 0.244 e. The Morgan fingerprint density at radius 2 is 1.79 bits per heavy atom. The first-order chi connectivity index (χ1) is 15.5. The fourth-order valence-electron chi connectivity index (χ4n) is 3.41. The summed E-state index contributed by atoms with van der Waals surface area (Å²) in [5.74, 6) is -0.124. The van der Waals surface area contributed by atoms with Crippen LogP contribution in [0.3, 0.4) is 0 Å². The molecule has 0 bridgehead atoms. The number of nitrogens with zero attached hydrogens (tertiary/aromatic N) is 2. The van der Waals surface area contributed by atoms with Crippen molar-refractivity contribution in [2.24, 2.45) is 0 Å². The van der Waals surface area contributed by atoms with E-state index < -0.39 is 28.5 Å². The van der Waals surface area contributed by atoms with Gasteiger partial charge in [0.15, 0.2) is 0 Å². The number of amides is 2. The molecule has 10 heteroatoms. The highest BCUT2D eigenvalue weighted by Crippen LogP contribution is 2.25. The van der Waals surface area contributed by atoms with E-state index in [0.717, 1.165) is 26.2 Å². The van der Waals surface area contributed by atoms with Crippen LogP contribution in [0.25, 0.3) is 0 Å². The molecule has 1 atom stereocenters. The number of sulfonamides is 1. The predicted octanol–water partition coefficient (Wildman–Crippen LogP) is 3.09. The highest BCUT2D eigenvalue weighted by Gasteiger charge is 2.31. The summed E-state index contributed by atoms with van der Waals surface area (Å²) in [7, 11) is -0.692. The number of benzene rings is 2. The van der Waals surface area contributed by atoms with Crippen molar-refractivity contribution in [3.05, 3.63) is 58.1 Å². The van der Waals surface area contributed by atoms with Gasteiger partial charge >= 0.3 is 0 Å². The maximum absolute atomic E-state index is 13.5. The lowest BCUT2D eigenvalue weighted by Crippen LogP contribution is -2.51. The molecule has 0 radical (unpaired) electrons. The van der Waals surface area contributed by atoms with Crippen LogP contribution in [0.1, 0.15) is 24.5 Å². The average molecular weight is 540 g/mol. The summed E-state index contributed by atoms with van der Waals surface area (Å²) >= 11 is 3.41. The maximum atomic E-state index is 13.5. The number of rotatable bonds is 10. The van der Waals surface area contributed by atoms with Crippen LogP contribution in [0.2, 0.25) is 0 Å². The molecule has 0 aliphatic rings. The Morgan fingerprint density at radius 1 is 1.15 bits per heavy atom. The minimum atomic E-state index is -3.76. The van der Waals surface area contributed by atoms with Gasteiger partial charge in [-0.3, -0.25) is 13.9 Å². The van der Waals surface area contributed by atoms with Crippen LogP contribution < -0.4 is 14.4 Å². The molecule has 8 nitrogen and oxygen atoms in total. The van der Waals surface area contributed by atoms with Gasteiger partial charge in [0.2, 0.25) is 21.8 Å². The van der Waals surface area contributed by atoms with Crippen molar-refractivity contribution in [1.82, 2.24) is 10.2 Å². The Morgan fingerprint density at radius 3 is 2.27 bits per heavy atom. The third-order valence-electron chi connectivity index (χ3n) is 5.25. The minimum Gasteiger partial charge on any atom is -0.497 e. The topological polar surface area (TPSA) is 96.0 Å². The van der Waals surface area contributed by atoms with Crippen molar-refractivity contribution in [2.75, 3.05) is 31.3 Å². The second-order valence-corrected chi connectivity index (χ2v) is 10.4. The molecule has 1 N–H and O–H groups in total. The number of carbonyl (C=O) groups is 2. The van der Waals surface area contributed by atoms with Gasteiger partial charge in [0.05, 0.1) is 19.1 Å². The number of halogens is 1. The van der Waals surface area contributed by atoms with E-state index in [-0.39, 0.29) is 12.5 Å². The molecule has 2 amide bonds. The first-order valence-corrected chi connectivity index (χ1v) is 13.0. The van der Waals surface area contributed by atoms with E-state index in [2.05, 4.69) is 21.2 Å². The number of anilines is 1. The van der Waals surface area contributed by atoms with Gasteiger partial charge in [0.1, 0.15) is 18.3 Å². The Labute approximate surface area is 204 Å². The van der Waals surface area contributed by atoms with Crippen LogP contribution in [0.5, 0.6) is 5.75 Å². The highest BCUT2D eigenvalue weighted by atomic mass is 79.9. The molecule has 0 heterocycles. The van der Waals surface area contributed by atoms with Crippen molar-refractivity contribution in [1.29, 1.82) is 0 Å². The van der Waals surface area contributed by atoms with Gasteiger partial charge in [-0.25, -0.2) is 8.42 Å². The number of ether oxygens (including phenoxy) is 1. The van der Waals surface area contributed by atoms with Crippen molar-refractivity contribution in [3.63, 3.8) is 0 Å². The molecule has 0 fully saturated rings. The summed E-state index contributed by atoms with van der Waals surface area (Å²) in [5, 5.41) is 2.59. The highest BCUT2D eigenvalue weighted by molar-refractivity contribution is 9.10. The monoisotopic (exact) mass is 539 g/mol. The number of hydrogen-bond donors (Lipinski definition) is 1. The predicted molar refractivity (Wildman–Crippen MR) is 133 cm³/mol. The van der Waals surface area contributed by atoms with E-state index in [0.29, 0.717) is 17.9 Å². The maximum Gasteiger partial charge on any atom is 0.244 e. The quantitative estimate of drug-likeness (QED) is 0.500. The van der Waals surface area contributed by atoms with Crippen LogP contribution in [0.15, 0.2) is 46.9 Å². The number of carbonyl (C=O) groups excluding carboxylic acids is 2. The van der Waals surface area contributed by atoms with Crippen LogP contribution in [0.4, 0.5) is 5.69 Å². The van der Waals surface area contributed by atoms with Crippen LogP contribution in [-0.4, -0.2) is 58.1 Å². The van der Waals surface area contributed by atoms with Gasteiger partial charge in [-0.05, 0) is 54.8 Å². The van der Waals surface area contributed by atoms with E-state index in [1.165, 1.54) is 11.9 Å². The van der Waals surface area contributed by atoms with Gasteiger partial charge in [-0.15, -0.1) is 0 Å². The molecule has 0 aliphatic carbocycles. The molecule has 33 heavy (non-hydrogen) atoms. The molecule has 0 saturated carbocycles. The SMILES string of the molecule is CCC(C(=O)NC)N(Cc1ccc(OC)cc1)C(=O)CN(c1ccc(Br)c(C)c1)S(C)(=O)=O. The molecule has 1 unspecified atom stereocenters. The molecule has 2 rings (SSSR count). The summed E-state index contributed by atoms with van der Waals surface area (Å²) in [5.41, 5.74) is 2.00. The van der Waals surface area contributed by atoms with E-state index in [1.807, 2.05) is 19.1 Å². The second kappa shape index (κ2) is 11.5. The number of likely N-dealkylation sites (N-methyl/N-ethyl adjacent to an activating group) is 1. The van der Waals surface area contributed by atoms with Crippen molar-refractivity contribution >= 4 is 43.5 Å². The van der Waals surface area contributed by atoms with Gasteiger partial charge in [0, 0.05) is 18.1 Å². The summed E-state index contributed by atoms with van der Waals surface area (Å²) in [6.45, 7) is 3.36. The second-order valence-electron chi connectivity index (χ2n) is 7.61. The van der Waals surface area contributed by atoms with Crippen LogP contribution >= 0.6 is 15.9 Å². The lowest BCUT2D eigenvalue weighted by molar-refractivity contribution is -0.140. The number of methoxy groups -OCH3 is 1. The van der Waals surface area contributed by atoms with Crippen molar-refractivity contribution in [3.8, 4) is 5.75 Å². The molecule has 0 saturated heterocycles. The Balaban J connectivity index is 2.43. The fourth-order valence-corrected chi connectivity index (χ4v) is 4.50. The van der Waals surface area contributed by atoms with E-state index in [4.69, 9.17) is 4.74 Å². The van der Waals surface area contributed by atoms with Crippen LogP contribution in [0, 0.1) is 6.92 Å². The first-order valence-electron chi connectivity index (χ1n) is 10.4. The summed E-state index contributed by atoms with van der Waals surface area (Å²) in [4.78, 5) is 27.5. The van der Waals surface area contributed by atoms with E-state index in [9.17, 15) is 18.0 Å². The molecule has 2 aromatic rings. The lowest BCUT2D eigenvalue weighted by atomic mass is 10.1. The number of hydrogen-bond acceptors (Lipinski definition) is 5. The Kier molecular flexibility index (Phi) is 9.30. The molecule has 0 spiro atoms. The van der Waals surface area contributed by atoms with Gasteiger partial charge < -0.3 is 15.0 Å². The number of nitrogens with one attached hydrogen (secondary N) is 1. The van der Waals surface area contributed by atoms with Gasteiger partial charge in [-0.1, -0.05) is 35.0 Å². The number of aryl methyl sites for hydroxylation is 1. The van der Waals surface area contributed by atoms with Crippen molar-refractivity contribution in [2.45, 2.75) is 32.9 Å². The Hall–Kier alpha value is -2.59. The fraction of sp³-hybridized carbons (Fsp3) is 0.391. The van der Waals surface area contributed by atoms with Gasteiger partial charge in [-0.2, -0.15) is 0 Å². The Bertz CT molecular complexity index is 1090. The zero-order valence-corrected chi connectivity index (χ0v) is 21.9.